The third kappa shape index (κ3) is 3.26. The summed E-state index contributed by atoms with van der Waals surface area (Å²) in [5.74, 6) is 1.72. The molecule has 0 unspecified atom stereocenters. The van der Waals surface area contributed by atoms with E-state index < -0.39 is 0 Å². The molecule has 98 valence electrons. The van der Waals surface area contributed by atoms with Crippen molar-refractivity contribution in [3.8, 4) is 17.2 Å². The molecule has 0 heterocycles. The van der Waals surface area contributed by atoms with E-state index in [4.69, 9.17) is 21.1 Å². The summed E-state index contributed by atoms with van der Waals surface area (Å²) >= 11 is 5.80. The first-order chi connectivity index (χ1) is 9.10. The minimum Gasteiger partial charge on any atom is -0.496 e. The van der Waals surface area contributed by atoms with Gasteiger partial charge >= 0.3 is 0 Å². The molecular formula is C15H13ClO3. The number of rotatable bonds is 4. The van der Waals surface area contributed by atoms with Crippen LogP contribution in [-0.2, 0) is 0 Å². The zero-order valence-corrected chi connectivity index (χ0v) is 11.4. The summed E-state index contributed by atoms with van der Waals surface area (Å²) in [6.45, 7) is 1.50. The molecule has 2 rings (SSSR count). The fourth-order valence-corrected chi connectivity index (χ4v) is 1.79. The van der Waals surface area contributed by atoms with Crippen molar-refractivity contribution in [3.05, 3.63) is 53.1 Å². The van der Waals surface area contributed by atoms with Crippen LogP contribution in [0.3, 0.4) is 0 Å². The van der Waals surface area contributed by atoms with E-state index in [1.54, 1.807) is 42.5 Å². The number of hydrogen-bond donors (Lipinski definition) is 0. The molecular weight excluding hydrogens is 264 g/mol. The average Bonchev–Trinajstić information content (AvgIpc) is 2.41. The van der Waals surface area contributed by atoms with Gasteiger partial charge in [0.25, 0.3) is 0 Å². The lowest BCUT2D eigenvalue weighted by atomic mass is 10.1. The molecule has 0 saturated heterocycles. The predicted octanol–water partition coefficient (Wildman–Crippen LogP) is 4.34. The monoisotopic (exact) mass is 276 g/mol. The molecule has 0 spiro atoms. The van der Waals surface area contributed by atoms with Gasteiger partial charge in [-0.05, 0) is 43.3 Å². The first-order valence-electron chi connectivity index (χ1n) is 5.72. The van der Waals surface area contributed by atoms with Gasteiger partial charge in [-0.15, -0.1) is 0 Å². The molecule has 0 N–H and O–H groups in total. The van der Waals surface area contributed by atoms with Gasteiger partial charge in [0.2, 0.25) is 0 Å². The molecule has 0 saturated carbocycles. The number of methoxy groups -OCH3 is 1. The Balaban J connectivity index is 2.26. The molecule has 3 nitrogen and oxygen atoms in total. The van der Waals surface area contributed by atoms with Gasteiger partial charge in [0.1, 0.15) is 17.2 Å². The quantitative estimate of drug-likeness (QED) is 0.779. The Labute approximate surface area is 116 Å². The standard InChI is InChI=1S/C15H13ClO3/c1-10(17)14-8-7-13(9-15(14)18-2)19-12-5-3-11(16)4-6-12/h3-9H,1-2H3. The van der Waals surface area contributed by atoms with E-state index in [1.807, 2.05) is 0 Å². The van der Waals surface area contributed by atoms with Gasteiger partial charge in [0.15, 0.2) is 5.78 Å². The molecule has 0 aliphatic rings. The topological polar surface area (TPSA) is 35.5 Å². The average molecular weight is 277 g/mol. The molecule has 0 radical (unpaired) electrons. The third-order valence-electron chi connectivity index (χ3n) is 2.60. The van der Waals surface area contributed by atoms with Gasteiger partial charge in [-0.25, -0.2) is 0 Å². The second-order valence-electron chi connectivity index (χ2n) is 3.97. The van der Waals surface area contributed by atoms with E-state index in [9.17, 15) is 4.79 Å². The Morgan fingerprint density at radius 3 is 2.26 bits per heavy atom. The highest BCUT2D eigenvalue weighted by Crippen LogP contribution is 2.29. The van der Waals surface area contributed by atoms with Crippen LogP contribution in [0.5, 0.6) is 17.2 Å². The van der Waals surface area contributed by atoms with Crippen molar-refractivity contribution >= 4 is 17.4 Å². The summed E-state index contributed by atoms with van der Waals surface area (Å²) in [6.07, 6.45) is 0. The lowest BCUT2D eigenvalue weighted by Crippen LogP contribution is -1.97. The first-order valence-corrected chi connectivity index (χ1v) is 6.10. The van der Waals surface area contributed by atoms with Gasteiger partial charge in [-0.3, -0.25) is 4.79 Å². The van der Waals surface area contributed by atoms with Crippen LogP contribution in [0.4, 0.5) is 0 Å². The van der Waals surface area contributed by atoms with Crippen molar-refractivity contribution < 1.29 is 14.3 Å². The van der Waals surface area contributed by atoms with Crippen molar-refractivity contribution in [2.24, 2.45) is 0 Å². The minimum absolute atomic E-state index is 0.0464. The van der Waals surface area contributed by atoms with Crippen molar-refractivity contribution in [3.63, 3.8) is 0 Å². The number of carbonyl (C=O) groups excluding carboxylic acids is 1. The molecule has 0 fully saturated rings. The zero-order valence-electron chi connectivity index (χ0n) is 10.6. The molecule has 2 aromatic carbocycles. The number of Topliss-reactive ketones (excluding diaryl/α,β-unsaturated/α-hetero) is 1. The number of benzene rings is 2. The van der Waals surface area contributed by atoms with Crippen molar-refractivity contribution in [1.29, 1.82) is 0 Å². The predicted molar refractivity (Wildman–Crippen MR) is 74.5 cm³/mol. The molecule has 0 atom stereocenters. The Hall–Kier alpha value is -2.00. The Morgan fingerprint density at radius 1 is 1.05 bits per heavy atom. The summed E-state index contributed by atoms with van der Waals surface area (Å²) in [4.78, 5) is 11.4. The van der Waals surface area contributed by atoms with Crippen molar-refractivity contribution in [1.82, 2.24) is 0 Å². The highest BCUT2D eigenvalue weighted by atomic mass is 35.5. The van der Waals surface area contributed by atoms with Crippen LogP contribution in [0.1, 0.15) is 17.3 Å². The zero-order chi connectivity index (χ0) is 13.8. The van der Waals surface area contributed by atoms with E-state index in [0.29, 0.717) is 27.8 Å². The number of halogens is 1. The van der Waals surface area contributed by atoms with Crippen LogP contribution < -0.4 is 9.47 Å². The van der Waals surface area contributed by atoms with Gasteiger partial charge in [0, 0.05) is 11.1 Å². The normalized spacial score (nSPS) is 10.1. The summed E-state index contributed by atoms with van der Waals surface area (Å²) < 4.78 is 10.8. The highest BCUT2D eigenvalue weighted by molar-refractivity contribution is 6.30. The van der Waals surface area contributed by atoms with Gasteiger partial charge in [-0.1, -0.05) is 11.6 Å². The van der Waals surface area contributed by atoms with Crippen LogP contribution in [0.15, 0.2) is 42.5 Å². The Bertz CT molecular complexity index is 591. The van der Waals surface area contributed by atoms with Crippen LogP contribution in [0.2, 0.25) is 5.02 Å². The molecule has 19 heavy (non-hydrogen) atoms. The maximum atomic E-state index is 11.4. The molecule has 0 aromatic heterocycles. The number of ketones is 1. The molecule has 2 aromatic rings. The number of hydrogen-bond acceptors (Lipinski definition) is 3. The molecule has 0 aliphatic carbocycles. The van der Waals surface area contributed by atoms with Crippen LogP contribution >= 0.6 is 11.6 Å². The molecule has 0 amide bonds. The smallest absolute Gasteiger partial charge is 0.163 e. The summed E-state index contributed by atoms with van der Waals surface area (Å²) in [6, 6.07) is 12.1. The van der Waals surface area contributed by atoms with Crippen LogP contribution in [0.25, 0.3) is 0 Å². The molecule has 0 aliphatic heterocycles. The Morgan fingerprint density at radius 2 is 1.68 bits per heavy atom. The third-order valence-corrected chi connectivity index (χ3v) is 2.85. The maximum Gasteiger partial charge on any atom is 0.163 e. The summed E-state index contributed by atoms with van der Waals surface area (Å²) in [5.41, 5.74) is 0.533. The van der Waals surface area contributed by atoms with E-state index in [2.05, 4.69) is 0 Å². The van der Waals surface area contributed by atoms with Crippen LogP contribution in [0, 0.1) is 0 Å². The van der Waals surface area contributed by atoms with E-state index in [-0.39, 0.29) is 5.78 Å². The molecule has 4 heteroatoms. The second kappa shape index (κ2) is 5.76. The lowest BCUT2D eigenvalue weighted by molar-refractivity contribution is 0.101. The fraction of sp³-hybridized carbons (Fsp3) is 0.133. The highest BCUT2D eigenvalue weighted by Gasteiger charge is 2.09. The first kappa shape index (κ1) is 13.4. The van der Waals surface area contributed by atoms with Crippen LogP contribution in [-0.4, -0.2) is 12.9 Å². The maximum absolute atomic E-state index is 11.4. The van der Waals surface area contributed by atoms with Gasteiger partial charge in [-0.2, -0.15) is 0 Å². The summed E-state index contributed by atoms with van der Waals surface area (Å²) in [7, 11) is 1.52. The number of ether oxygens (including phenoxy) is 2. The van der Waals surface area contributed by atoms with E-state index in [1.165, 1.54) is 14.0 Å². The minimum atomic E-state index is -0.0464. The Kier molecular flexibility index (Phi) is 4.07. The largest absolute Gasteiger partial charge is 0.496 e. The SMILES string of the molecule is COc1cc(Oc2ccc(Cl)cc2)ccc1C(C)=O. The van der Waals surface area contributed by atoms with Gasteiger partial charge < -0.3 is 9.47 Å². The second-order valence-corrected chi connectivity index (χ2v) is 4.41. The lowest BCUT2D eigenvalue weighted by Gasteiger charge is -2.10. The fourth-order valence-electron chi connectivity index (χ4n) is 1.66. The number of carbonyl (C=O) groups is 1. The summed E-state index contributed by atoms with van der Waals surface area (Å²) in [5, 5.41) is 0.650. The van der Waals surface area contributed by atoms with E-state index in [0.717, 1.165) is 0 Å². The van der Waals surface area contributed by atoms with Crippen molar-refractivity contribution in [2.45, 2.75) is 6.92 Å². The molecule has 0 bridgehead atoms. The van der Waals surface area contributed by atoms with Crippen molar-refractivity contribution in [2.75, 3.05) is 7.11 Å². The van der Waals surface area contributed by atoms with Gasteiger partial charge in [0.05, 0.1) is 12.7 Å². The van der Waals surface area contributed by atoms with E-state index >= 15 is 0 Å².